The fourth-order valence-electron chi connectivity index (χ4n) is 2.42. The summed E-state index contributed by atoms with van der Waals surface area (Å²) in [5.74, 6) is 1.24. The SMILES string of the molecule is CCNC(=NCc1cccc(OC)c1O)NCC(C)Oc1cccc(F)c1. The monoisotopic (exact) mass is 375 g/mol. The number of rotatable bonds is 8. The molecule has 0 saturated carbocycles. The Morgan fingerprint density at radius 2 is 2.00 bits per heavy atom. The number of ether oxygens (including phenoxy) is 2. The molecule has 0 aliphatic rings. The summed E-state index contributed by atoms with van der Waals surface area (Å²) in [7, 11) is 1.51. The number of phenols is 1. The molecule has 0 bridgehead atoms. The first-order chi connectivity index (χ1) is 13.0. The third-order valence-corrected chi connectivity index (χ3v) is 3.74. The molecular weight excluding hydrogens is 349 g/mol. The minimum Gasteiger partial charge on any atom is -0.504 e. The predicted octanol–water partition coefficient (Wildman–Crippen LogP) is 3.06. The van der Waals surface area contributed by atoms with Crippen LogP contribution >= 0.6 is 0 Å². The van der Waals surface area contributed by atoms with E-state index in [0.717, 1.165) is 0 Å². The Balaban J connectivity index is 1.95. The Hall–Kier alpha value is -2.96. The number of benzene rings is 2. The number of hydrogen-bond donors (Lipinski definition) is 3. The molecule has 7 heteroatoms. The molecule has 1 unspecified atom stereocenters. The summed E-state index contributed by atoms with van der Waals surface area (Å²) >= 11 is 0. The zero-order valence-corrected chi connectivity index (χ0v) is 15.8. The van der Waals surface area contributed by atoms with Gasteiger partial charge < -0.3 is 25.2 Å². The molecule has 2 aromatic carbocycles. The summed E-state index contributed by atoms with van der Waals surface area (Å²) in [6.07, 6.45) is -0.194. The first kappa shape index (κ1) is 20.4. The van der Waals surface area contributed by atoms with E-state index in [1.807, 2.05) is 13.8 Å². The van der Waals surface area contributed by atoms with Gasteiger partial charge >= 0.3 is 0 Å². The van der Waals surface area contributed by atoms with E-state index < -0.39 is 0 Å². The quantitative estimate of drug-likeness (QED) is 0.488. The summed E-state index contributed by atoms with van der Waals surface area (Å²) < 4.78 is 24.0. The lowest BCUT2D eigenvalue weighted by Crippen LogP contribution is -2.41. The fourth-order valence-corrected chi connectivity index (χ4v) is 2.42. The minimum absolute atomic E-state index is 0.0856. The maximum Gasteiger partial charge on any atom is 0.191 e. The zero-order chi connectivity index (χ0) is 19.6. The molecule has 0 amide bonds. The molecule has 0 heterocycles. The standard InChI is InChI=1S/C20H26FN3O3/c1-4-22-20(24-13-15-7-5-10-18(26-3)19(15)25)23-12-14(2)27-17-9-6-8-16(21)11-17/h5-11,14,25H,4,12-13H2,1-3H3,(H2,22,23,24). The molecule has 0 spiro atoms. The summed E-state index contributed by atoms with van der Waals surface area (Å²) in [6.45, 7) is 5.31. The first-order valence-corrected chi connectivity index (χ1v) is 8.82. The van der Waals surface area contributed by atoms with Crippen LogP contribution in [-0.4, -0.2) is 37.4 Å². The maximum atomic E-state index is 13.2. The van der Waals surface area contributed by atoms with Crippen molar-refractivity contribution in [3.8, 4) is 17.2 Å². The number of guanidine groups is 1. The van der Waals surface area contributed by atoms with Crippen LogP contribution in [0, 0.1) is 5.82 Å². The van der Waals surface area contributed by atoms with Gasteiger partial charge in [-0.15, -0.1) is 0 Å². The number of nitrogens with zero attached hydrogens (tertiary/aromatic N) is 1. The van der Waals surface area contributed by atoms with Gasteiger partial charge in [0.15, 0.2) is 17.5 Å². The molecule has 0 radical (unpaired) electrons. The van der Waals surface area contributed by atoms with E-state index in [9.17, 15) is 9.50 Å². The van der Waals surface area contributed by atoms with Crippen molar-refractivity contribution < 1.29 is 19.0 Å². The smallest absolute Gasteiger partial charge is 0.191 e. The summed E-state index contributed by atoms with van der Waals surface area (Å²) in [5, 5.41) is 16.5. The van der Waals surface area contributed by atoms with Crippen LogP contribution in [-0.2, 0) is 6.54 Å². The molecule has 0 saturated heterocycles. The molecule has 0 aliphatic carbocycles. The third-order valence-electron chi connectivity index (χ3n) is 3.74. The third kappa shape index (κ3) is 6.36. The molecule has 146 valence electrons. The Morgan fingerprint density at radius 3 is 2.70 bits per heavy atom. The van der Waals surface area contributed by atoms with Crippen molar-refractivity contribution in [2.75, 3.05) is 20.2 Å². The number of phenolic OH excluding ortho intramolecular Hbond substituents is 1. The van der Waals surface area contributed by atoms with Gasteiger partial charge in [-0.1, -0.05) is 18.2 Å². The van der Waals surface area contributed by atoms with Crippen molar-refractivity contribution in [1.82, 2.24) is 10.6 Å². The lowest BCUT2D eigenvalue weighted by atomic mass is 10.2. The van der Waals surface area contributed by atoms with Gasteiger partial charge in [-0.05, 0) is 32.0 Å². The van der Waals surface area contributed by atoms with Crippen molar-refractivity contribution in [1.29, 1.82) is 0 Å². The van der Waals surface area contributed by atoms with Gasteiger partial charge in [0.1, 0.15) is 17.7 Å². The van der Waals surface area contributed by atoms with Crippen molar-refractivity contribution in [2.24, 2.45) is 4.99 Å². The Bertz CT molecular complexity index is 768. The van der Waals surface area contributed by atoms with E-state index in [2.05, 4.69) is 15.6 Å². The van der Waals surface area contributed by atoms with E-state index in [1.54, 1.807) is 30.3 Å². The molecular formula is C20H26FN3O3. The molecule has 0 aromatic heterocycles. The van der Waals surface area contributed by atoms with Crippen LogP contribution in [0.1, 0.15) is 19.4 Å². The van der Waals surface area contributed by atoms with E-state index in [1.165, 1.54) is 19.2 Å². The molecule has 27 heavy (non-hydrogen) atoms. The zero-order valence-electron chi connectivity index (χ0n) is 15.8. The number of para-hydroxylation sites is 1. The molecule has 0 fully saturated rings. The second-order valence-electron chi connectivity index (χ2n) is 5.93. The van der Waals surface area contributed by atoms with Gasteiger partial charge in [0.2, 0.25) is 0 Å². The largest absolute Gasteiger partial charge is 0.504 e. The van der Waals surface area contributed by atoms with Gasteiger partial charge in [0.25, 0.3) is 0 Å². The number of halogens is 1. The van der Waals surface area contributed by atoms with Crippen LogP contribution in [0.2, 0.25) is 0 Å². The van der Waals surface area contributed by atoms with E-state index in [0.29, 0.717) is 36.1 Å². The van der Waals surface area contributed by atoms with Crippen LogP contribution in [0.25, 0.3) is 0 Å². The van der Waals surface area contributed by atoms with Crippen molar-refractivity contribution in [3.63, 3.8) is 0 Å². The number of aromatic hydroxyl groups is 1. The summed E-state index contributed by atoms with van der Waals surface area (Å²) in [5.41, 5.74) is 0.663. The number of nitrogens with one attached hydrogen (secondary N) is 2. The molecule has 6 nitrogen and oxygen atoms in total. The van der Waals surface area contributed by atoms with E-state index in [-0.39, 0.29) is 24.2 Å². The summed E-state index contributed by atoms with van der Waals surface area (Å²) in [4.78, 5) is 4.48. The Labute approximate surface area is 159 Å². The Kier molecular flexibility index (Phi) is 7.73. The van der Waals surface area contributed by atoms with Crippen molar-refractivity contribution in [3.05, 3.63) is 53.8 Å². The van der Waals surface area contributed by atoms with Crippen LogP contribution in [0.3, 0.4) is 0 Å². The molecule has 0 aliphatic heterocycles. The lowest BCUT2D eigenvalue weighted by Gasteiger charge is -2.18. The minimum atomic E-state index is -0.333. The van der Waals surface area contributed by atoms with Crippen molar-refractivity contribution >= 4 is 5.96 Å². The van der Waals surface area contributed by atoms with Gasteiger partial charge in [0.05, 0.1) is 20.2 Å². The van der Waals surface area contributed by atoms with Gasteiger partial charge in [-0.3, -0.25) is 0 Å². The number of methoxy groups -OCH3 is 1. The molecule has 2 aromatic rings. The van der Waals surface area contributed by atoms with Gasteiger partial charge in [-0.2, -0.15) is 0 Å². The lowest BCUT2D eigenvalue weighted by molar-refractivity contribution is 0.223. The molecule has 1 atom stereocenters. The normalized spacial score (nSPS) is 12.4. The average molecular weight is 375 g/mol. The van der Waals surface area contributed by atoms with Crippen LogP contribution < -0.4 is 20.1 Å². The summed E-state index contributed by atoms with van der Waals surface area (Å²) in [6, 6.07) is 11.3. The van der Waals surface area contributed by atoms with Gasteiger partial charge in [0, 0.05) is 18.2 Å². The topological polar surface area (TPSA) is 75.1 Å². The molecule has 2 rings (SSSR count). The van der Waals surface area contributed by atoms with E-state index in [4.69, 9.17) is 9.47 Å². The van der Waals surface area contributed by atoms with Crippen LogP contribution in [0.4, 0.5) is 4.39 Å². The van der Waals surface area contributed by atoms with Crippen LogP contribution in [0.15, 0.2) is 47.5 Å². The molecule has 3 N–H and O–H groups in total. The fraction of sp³-hybridized carbons (Fsp3) is 0.350. The average Bonchev–Trinajstić information content (AvgIpc) is 2.65. The second-order valence-corrected chi connectivity index (χ2v) is 5.93. The van der Waals surface area contributed by atoms with E-state index >= 15 is 0 Å². The maximum absolute atomic E-state index is 13.2. The highest BCUT2D eigenvalue weighted by Crippen LogP contribution is 2.29. The predicted molar refractivity (Wildman–Crippen MR) is 104 cm³/mol. The first-order valence-electron chi connectivity index (χ1n) is 8.82. The second kappa shape index (κ2) is 10.3. The highest BCUT2D eigenvalue weighted by Gasteiger charge is 2.09. The Morgan fingerprint density at radius 1 is 1.22 bits per heavy atom. The van der Waals surface area contributed by atoms with Gasteiger partial charge in [-0.25, -0.2) is 9.38 Å². The van der Waals surface area contributed by atoms with Crippen LogP contribution in [0.5, 0.6) is 17.2 Å². The number of hydrogen-bond acceptors (Lipinski definition) is 4. The highest BCUT2D eigenvalue weighted by molar-refractivity contribution is 5.79. The van der Waals surface area contributed by atoms with Crippen molar-refractivity contribution in [2.45, 2.75) is 26.5 Å². The number of aliphatic imine (C=N–C) groups is 1. The highest BCUT2D eigenvalue weighted by atomic mass is 19.1.